The van der Waals surface area contributed by atoms with Crippen LogP contribution in [-0.4, -0.2) is 15.8 Å². The first kappa shape index (κ1) is 18.8. The van der Waals surface area contributed by atoms with Crippen LogP contribution in [0.4, 0.5) is 5.95 Å². The fraction of sp³-hybridized carbons (Fsp3) is 0.0435. The first-order chi connectivity index (χ1) is 14.1. The van der Waals surface area contributed by atoms with E-state index in [1.165, 1.54) is 0 Å². The zero-order valence-corrected chi connectivity index (χ0v) is 16.2. The summed E-state index contributed by atoms with van der Waals surface area (Å²) in [5.41, 5.74) is 9.03. The summed E-state index contributed by atoms with van der Waals surface area (Å²) in [6.07, 6.45) is 0. The Bertz CT molecular complexity index is 1120. The minimum atomic E-state index is -0.203. The Balaban J connectivity index is 1.55. The lowest BCUT2D eigenvalue weighted by Crippen LogP contribution is -2.04. The van der Waals surface area contributed by atoms with Crippen LogP contribution in [0, 0.1) is 0 Å². The number of rotatable bonds is 6. The Labute approximate surface area is 173 Å². The van der Waals surface area contributed by atoms with Crippen LogP contribution in [0.3, 0.4) is 0 Å². The molecule has 0 fully saturated rings. The number of ketones is 1. The number of anilines is 1. The molecule has 4 aromatic rings. The summed E-state index contributed by atoms with van der Waals surface area (Å²) >= 11 is 5.91. The van der Waals surface area contributed by atoms with Gasteiger partial charge in [-0.3, -0.25) is 4.79 Å². The third-order valence-corrected chi connectivity index (χ3v) is 4.68. The predicted molar refractivity (Wildman–Crippen MR) is 114 cm³/mol. The number of halogens is 1. The molecule has 1 heterocycles. The van der Waals surface area contributed by atoms with Crippen LogP contribution >= 0.6 is 11.6 Å². The standard InChI is InChI=1S/C23H18ClN3O2/c24-18-10-6-17(7-11-18)22(28)21-20(26-23(25)27-21)16-8-12-19(13-9-16)29-14-15-4-2-1-3-5-15/h1-13H,14H2,(H3,25,26,27). The molecule has 1 aromatic heterocycles. The number of imidazole rings is 1. The first-order valence-corrected chi connectivity index (χ1v) is 9.41. The third-order valence-electron chi connectivity index (χ3n) is 4.43. The highest BCUT2D eigenvalue weighted by atomic mass is 35.5. The van der Waals surface area contributed by atoms with Crippen LogP contribution < -0.4 is 10.5 Å². The highest BCUT2D eigenvalue weighted by Crippen LogP contribution is 2.27. The number of nitrogens with two attached hydrogens (primary N) is 1. The Morgan fingerprint density at radius 3 is 2.34 bits per heavy atom. The Hall–Kier alpha value is -3.57. The van der Waals surface area contributed by atoms with E-state index < -0.39 is 0 Å². The normalized spacial score (nSPS) is 10.7. The number of ether oxygens (including phenoxy) is 1. The molecule has 29 heavy (non-hydrogen) atoms. The molecule has 0 amide bonds. The van der Waals surface area contributed by atoms with Crippen LogP contribution in [-0.2, 0) is 6.61 Å². The largest absolute Gasteiger partial charge is 0.489 e. The van der Waals surface area contributed by atoms with E-state index in [4.69, 9.17) is 22.1 Å². The molecule has 0 radical (unpaired) electrons. The van der Waals surface area contributed by atoms with Crippen molar-refractivity contribution in [1.82, 2.24) is 9.97 Å². The van der Waals surface area contributed by atoms with Gasteiger partial charge in [-0.1, -0.05) is 41.9 Å². The Kier molecular flexibility index (Phi) is 5.31. The van der Waals surface area contributed by atoms with E-state index in [1.54, 1.807) is 24.3 Å². The van der Waals surface area contributed by atoms with Crippen LogP contribution in [0.1, 0.15) is 21.6 Å². The van der Waals surface area contributed by atoms with Crippen molar-refractivity contribution in [3.8, 4) is 17.0 Å². The summed E-state index contributed by atoms with van der Waals surface area (Å²) in [6.45, 7) is 0.482. The van der Waals surface area contributed by atoms with Crippen molar-refractivity contribution in [1.29, 1.82) is 0 Å². The van der Waals surface area contributed by atoms with Gasteiger partial charge in [0.2, 0.25) is 5.78 Å². The number of hydrogen-bond donors (Lipinski definition) is 2. The highest BCUT2D eigenvalue weighted by molar-refractivity contribution is 6.30. The average Bonchev–Trinajstić information content (AvgIpc) is 3.15. The second-order valence-electron chi connectivity index (χ2n) is 6.48. The molecule has 0 aliphatic heterocycles. The molecule has 5 nitrogen and oxygen atoms in total. The Morgan fingerprint density at radius 1 is 0.966 bits per heavy atom. The number of H-pyrrole nitrogens is 1. The molecule has 4 rings (SSSR count). The van der Waals surface area contributed by atoms with Gasteiger partial charge in [0.15, 0.2) is 5.95 Å². The van der Waals surface area contributed by atoms with E-state index in [2.05, 4.69) is 9.97 Å². The monoisotopic (exact) mass is 403 g/mol. The second-order valence-corrected chi connectivity index (χ2v) is 6.92. The Morgan fingerprint density at radius 2 is 1.66 bits per heavy atom. The number of aromatic amines is 1. The molecule has 3 N–H and O–H groups in total. The number of carbonyl (C=O) groups excluding carboxylic acids is 1. The molecule has 0 saturated heterocycles. The maximum absolute atomic E-state index is 12.9. The van der Waals surface area contributed by atoms with Crippen molar-refractivity contribution in [2.45, 2.75) is 6.61 Å². The summed E-state index contributed by atoms with van der Waals surface area (Å²) in [5, 5.41) is 0.567. The van der Waals surface area contributed by atoms with Crippen molar-refractivity contribution in [3.05, 3.63) is 101 Å². The zero-order valence-electron chi connectivity index (χ0n) is 15.4. The molecule has 0 bridgehead atoms. The number of nitrogens with one attached hydrogen (secondary N) is 1. The van der Waals surface area contributed by atoms with Crippen molar-refractivity contribution in [2.75, 3.05) is 5.73 Å². The molecule has 0 aliphatic carbocycles. The van der Waals surface area contributed by atoms with Crippen LogP contribution in [0.5, 0.6) is 5.75 Å². The number of benzene rings is 3. The second kappa shape index (κ2) is 8.20. The van der Waals surface area contributed by atoms with Gasteiger partial charge in [0.05, 0.1) is 0 Å². The molecule has 0 aliphatic rings. The summed E-state index contributed by atoms with van der Waals surface area (Å²) in [7, 11) is 0. The average molecular weight is 404 g/mol. The van der Waals surface area contributed by atoms with Gasteiger partial charge in [-0.25, -0.2) is 4.98 Å². The van der Waals surface area contributed by atoms with Gasteiger partial charge in [0.25, 0.3) is 0 Å². The number of carbonyl (C=O) groups is 1. The van der Waals surface area contributed by atoms with Gasteiger partial charge in [-0.05, 0) is 54.1 Å². The lowest BCUT2D eigenvalue weighted by Gasteiger charge is -2.07. The number of nitrogens with zero attached hydrogens (tertiary/aromatic N) is 1. The minimum absolute atomic E-state index is 0.182. The minimum Gasteiger partial charge on any atom is -0.489 e. The van der Waals surface area contributed by atoms with Crippen molar-refractivity contribution in [3.63, 3.8) is 0 Å². The highest BCUT2D eigenvalue weighted by Gasteiger charge is 2.19. The zero-order chi connectivity index (χ0) is 20.2. The lowest BCUT2D eigenvalue weighted by atomic mass is 10.0. The molecule has 0 spiro atoms. The molecule has 0 atom stereocenters. The van der Waals surface area contributed by atoms with Gasteiger partial charge < -0.3 is 15.5 Å². The quantitative estimate of drug-likeness (QED) is 0.438. The van der Waals surface area contributed by atoms with Crippen LogP contribution in [0.25, 0.3) is 11.3 Å². The van der Waals surface area contributed by atoms with Crippen LogP contribution in [0.15, 0.2) is 78.9 Å². The lowest BCUT2D eigenvalue weighted by molar-refractivity contribution is 0.103. The van der Waals surface area contributed by atoms with Crippen molar-refractivity contribution in [2.24, 2.45) is 0 Å². The molecular formula is C23H18ClN3O2. The topological polar surface area (TPSA) is 81.0 Å². The first-order valence-electron chi connectivity index (χ1n) is 9.03. The summed E-state index contributed by atoms with van der Waals surface area (Å²) in [5.74, 6) is 0.707. The third kappa shape index (κ3) is 4.31. The molecule has 6 heteroatoms. The maximum atomic E-state index is 12.9. The van der Waals surface area contributed by atoms with Gasteiger partial charge in [0, 0.05) is 16.1 Å². The smallest absolute Gasteiger partial charge is 0.211 e. The van der Waals surface area contributed by atoms with Gasteiger partial charge in [-0.15, -0.1) is 0 Å². The summed E-state index contributed by atoms with van der Waals surface area (Å²) in [4.78, 5) is 20.1. The molecular weight excluding hydrogens is 386 g/mol. The van der Waals surface area contributed by atoms with E-state index in [1.807, 2.05) is 54.6 Å². The van der Waals surface area contributed by atoms with E-state index in [9.17, 15) is 4.79 Å². The van der Waals surface area contributed by atoms with Crippen LogP contribution in [0.2, 0.25) is 5.02 Å². The number of hydrogen-bond acceptors (Lipinski definition) is 4. The fourth-order valence-corrected chi connectivity index (χ4v) is 3.09. The van der Waals surface area contributed by atoms with Gasteiger partial charge in [-0.2, -0.15) is 0 Å². The van der Waals surface area contributed by atoms with E-state index in [0.717, 1.165) is 16.9 Å². The maximum Gasteiger partial charge on any atom is 0.211 e. The summed E-state index contributed by atoms with van der Waals surface area (Å²) in [6, 6.07) is 24.0. The van der Waals surface area contributed by atoms with Crippen molar-refractivity contribution >= 4 is 23.3 Å². The SMILES string of the molecule is Nc1nc(-c2ccc(OCc3ccccc3)cc2)c(C(=O)c2ccc(Cl)cc2)[nH]1. The molecule has 0 saturated carbocycles. The van der Waals surface area contributed by atoms with Gasteiger partial charge in [0.1, 0.15) is 23.7 Å². The van der Waals surface area contributed by atoms with E-state index in [-0.39, 0.29) is 11.7 Å². The molecule has 3 aromatic carbocycles. The van der Waals surface area contributed by atoms with E-state index >= 15 is 0 Å². The number of aromatic nitrogens is 2. The van der Waals surface area contributed by atoms with Crippen molar-refractivity contribution < 1.29 is 9.53 Å². The summed E-state index contributed by atoms with van der Waals surface area (Å²) < 4.78 is 5.81. The van der Waals surface area contributed by atoms with E-state index in [0.29, 0.717) is 28.6 Å². The fourth-order valence-electron chi connectivity index (χ4n) is 2.96. The molecule has 144 valence electrons. The predicted octanol–water partition coefficient (Wildman–Crippen LogP) is 5.12. The van der Waals surface area contributed by atoms with Gasteiger partial charge >= 0.3 is 0 Å². The molecule has 0 unspecified atom stereocenters. The number of nitrogen functional groups attached to an aromatic ring is 1.